The highest BCUT2D eigenvalue weighted by Gasteiger charge is 2.13. The summed E-state index contributed by atoms with van der Waals surface area (Å²) in [7, 11) is 0. The predicted molar refractivity (Wildman–Crippen MR) is 88.3 cm³/mol. The molecule has 20 heavy (non-hydrogen) atoms. The highest BCUT2D eigenvalue weighted by Crippen LogP contribution is 2.28. The molecule has 2 unspecified atom stereocenters. The average Bonchev–Trinajstić information content (AvgIpc) is 2.41. The molecule has 1 aromatic rings. The zero-order valence-corrected chi connectivity index (χ0v) is 13.7. The van der Waals surface area contributed by atoms with Gasteiger partial charge in [-0.15, -0.1) is 11.8 Å². The van der Waals surface area contributed by atoms with Gasteiger partial charge in [0.05, 0.1) is 6.04 Å². The van der Waals surface area contributed by atoms with Gasteiger partial charge in [0, 0.05) is 15.8 Å². The average molecular weight is 294 g/mol. The third-order valence-electron chi connectivity index (χ3n) is 3.30. The first-order valence-electron chi connectivity index (χ1n) is 7.31. The van der Waals surface area contributed by atoms with Crippen molar-refractivity contribution in [2.24, 2.45) is 5.73 Å². The van der Waals surface area contributed by atoms with Gasteiger partial charge in [-0.2, -0.15) is 0 Å². The summed E-state index contributed by atoms with van der Waals surface area (Å²) in [5.41, 5.74) is 7.76. The highest BCUT2D eigenvalue weighted by atomic mass is 32.2. The fourth-order valence-electron chi connectivity index (χ4n) is 1.83. The molecule has 0 aliphatic rings. The summed E-state index contributed by atoms with van der Waals surface area (Å²) < 4.78 is 0. The van der Waals surface area contributed by atoms with Crippen molar-refractivity contribution in [3.8, 4) is 0 Å². The summed E-state index contributed by atoms with van der Waals surface area (Å²) in [6, 6.07) is 5.73. The Balaban J connectivity index is 2.71. The minimum atomic E-state index is -0.423. The van der Waals surface area contributed by atoms with E-state index in [4.69, 9.17) is 5.73 Å². The molecule has 0 heterocycles. The van der Waals surface area contributed by atoms with E-state index in [1.807, 2.05) is 31.7 Å². The zero-order valence-electron chi connectivity index (χ0n) is 12.9. The monoisotopic (exact) mass is 294 g/mol. The molecule has 0 spiro atoms. The summed E-state index contributed by atoms with van der Waals surface area (Å²) in [5.74, 6) is -0.0997. The molecule has 112 valence electrons. The van der Waals surface area contributed by atoms with E-state index in [1.54, 1.807) is 0 Å². The van der Waals surface area contributed by atoms with E-state index in [2.05, 4.69) is 31.3 Å². The van der Waals surface area contributed by atoms with E-state index in [1.165, 1.54) is 4.90 Å². The number of hydrogen-bond acceptors (Lipinski definition) is 3. The van der Waals surface area contributed by atoms with Gasteiger partial charge < -0.3 is 11.1 Å². The molecule has 0 aliphatic carbocycles. The van der Waals surface area contributed by atoms with Crippen molar-refractivity contribution >= 4 is 23.4 Å². The Labute approximate surface area is 126 Å². The Bertz CT molecular complexity index is 448. The van der Waals surface area contributed by atoms with Crippen molar-refractivity contribution in [1.29, 1.82) is 0 Å². The number of thioether (sulfide) groups is 1. The number of nitrogens with one attached hydrogen (secondary N) is 1. The normalized spacial score (nSPS) is 13.8. The van der Waals surface area contributed by atoms with E-state index in [0.29, 0.717) is 11.7 Å². The van der Waals surface area contributed by atoms with Gasteiger partial charge in [-0.1, -0.05) is 27.2 Å². The van der Waals surface area contributed by atoms with Crippen LogP contribution >= 0.6 is 11.8 Å². The lowest BCUT2D eigenvalue weighted by atomic mass is 10.1. The molecule has 1 aromatic carbocycles. The van der Waals surface area contributed by atoms with Crippen LogP contribution in [0.4, 0.5) is 5.69 Å². The Morgan fingerprint density at radius 3 is 2.65 bits per heavy atom. The second kappa shape index (κ2) is 8.32. The molecule has 4 heteroatoms. The fraction of sp³-hybridized carbons (Fsp3) is 0.562. The number of nitrogens with two attached hydrogens (primary N) is 1. The number of rotatable bonds is 7. The SMILES string of the molecule is CCCC(N)C(=O)Nc1ccc(SC(C)CC)cc1C. The summed E-state index contributed by atoms with van der Waals surface area (Å²) >= 11 is 1.86. The second-order valence-electron chi connectivity index (χ2n) is 5.20. The second-order valence-corrected chi connectivity index (χ2v) is 6.71. The summed E-state index contributed by atoms with van der Waals surface area (Å²) in [4.78, 5) is 13.2. The minimum Gasteiger partial charge on any atom is -0.324 e. The number of carbonyl (C=O) groups excluding carboxylic acids is 1. The molecule has 0 aliphatic heterocycles. The standard InChI is InChI=1S/C16H26N2OS/c1-5-7-14(17)16(19)18-15-9-8-13(10-11(15)3)20-12(4)6-2/h8-10,12,14H,5-7,17H2,1-4H3,(H,18,19). The van der Waals surface area contributed by atoms with Crippen LogP contribution in [0.5, 0.6) is 0 Å². The summed E-state index contributed by atoms with van der Waals surface area (Å²) in [6.07, 6.45) is 2.78. The largest absolute Gasteiger partial charge is 0.324 e. The van der Waals surface area contributed by atoms with E-state index in [9.17, 15) is 4.79 Å². The highest BCUT2D eigenvalue weighted by molar-refractivity contribution is 7.99. The number of carbonyl (C=O) groups is 1. The van der Waals surface area contributed by atoms with Crippen LogP contribution in [-0.4, -0.2) is 17.2 Å². The Hall–Kier alpha value is -1.00. The number of hydrogen-bond donors (Lipinski definition) is 2. The third-order valence-corrected chi connectivity index (χ3v) is 4.57. The van der Waals surface area contributed by atoms with Crippen molar-refractivity contribution in [2.75, 3.05) is 5.32 Å². The first-order valence-corrected chi connectivity index (χ1v) is 8.19. The first kappa shape index (κ1) is 17.1. The van der Waals surface area contributed by atoms with Crippen LogP contribution in [0.15, 0.2) is 23.1 Å². The van der Waals surface area contributed by atoms with E-state index in [-0.39, 0.29) is 5.91 Å². The Kier molecular flexibility index (Phi) is 7.10. The van der Waals surface area contributed by atoms with Gasteiger partial charge in [-0.05, 0) is 43.5 Å². The molecule has 3 N–H and O–H groups in total. The van der Waals surface area contributed by atoms with Crippen LogP contribution in [-0.2, 0) is 4.79 Å². The topological polar surface area (TPSA) is 55.1 Å². The van der Waals surface area contributed by atoms with Gasteiger partial charge in [-0.3, -0.25) is 4.79 Å². The van der Waals surface area contributed by atoms with Crippen LogP contribution in [0, 0.1) is 6.92 Å². The number of benzene rings is 1. The Morgan fingerprint density at radius 1 is 1.40 bits per heavy atom. The molecular weight excluding hydrogens is 268 g/mol. The van der Waals surface area contributed by atoms with Gasteiger partial charge in [0.1, 0.15) is 0 Å². The molecule has 1 rings (SSSR count). The van der Waals surface area contributed by atoms with Crippen LogP contribution < -0.4 is 11.1 Å². The van der Waals surface area contributed by atoms with Crippen molar-refractivity contribution < 1.29 is 4.79 Å². The molecule has 0 saturated carbocycles. The van der Waals surface area contributed by atoms with Crippen molar-refractivity contribution in [2.45, 2.75) is 63.1 Å². The zero-order chi connectivity index (χ0) is 15.1. The van der Waals surface area contributed by atoms with Crippen molar-refractivity contribution in [3.05, 3.63) is 23.8 Å². The van der Waals surface area contributed by atoms with E-state index < -0.39 is 6.04 Å². The van der Waals surface area contributed by atoms with Crippen LogP contribution in [0.2, 0.25) is 0 Å². The molecule has 2 atom stereocenters. The quantitative estimate of drug-likeness (QED) is 0.749. The predicted octanol–water partition coefficient (Wildman–Crippen LogP) is 3.95. The van der Waals surface area contributed by atoms with Gasteiger partial charge in [0.25, 0.3) is 0 Å². The maximum absolute atomic E-state index is 11.9. The lowest BCUT2D eigenvalue weighted by molar-refractivity contribution is -0.117. The fourth-order valence-corrected chi connectivity index (χ4v) is 2.86. The molecule has 1 amide bonds. The Morgan fingerprint density at radius 2 is 2.10 bits per heavy atom. The van der Waals surface area contributed by atoms with E-state index in [0.717, 1.165) is 24.1 Å². The lowest BCUT2D eigenvalue weighted by Crippen LogP contribution is -2.35. The van der Waals surface area contributed by atoms with Crippen molar-refractivity contribution in [3.63, 3.8) is 0 Å². The smallest absolute Gasteiger partial charge is 0.241 e. The number of aryl methyl sites for hydroxylation is 1. The molecular formula is C16H26N2OS. The summed E-state index contributed by atoms with van der Waals surface area (Å²) in [5, 5.41) is 3.52. The molecule has 0 saturated heterocycles. The molecule has 3 nitrogen and oxygen atoms in total. The minimum absolute atomic E-state index is 0.0997. The third kappa shape index (κ3) is 5.17. The van der Waals surface area contributed by atoms with Crippen LogP contribution in [0.1, 0.15) is 45.6 Å². The van der Waals surface area contributed by atoms with Crippen molar-refractivity contribution in [1.82, 2.24) is 0 Å². The molecule has 0 radical (unpaired) electrons. The number of amides is 1. The van der Waals surface area contributed by atoms with Gasteiger partial charge >= 0.3 is 0 Å². The molecule has 0 fully saturated rings. The van der Waals surface area contributed by atoms with Gasteiger partial charge in [-0.25, -0.2) is 0 Å². The number of anilines is 1. The van der Waals surface area contributed by atoms with Crippen LogP contribution in [0.3, 0.4) is 0 Å². The molecule has 0 aromatic heterocycles. The van der Waals surface area contributed by atoms with E-state index >= 15 is 0 Å². The maximum atomic E-state index is 11.9. The first-order chi connectivity index (χ1) is 9.47. The lowest BCUT2D eigenvalue weighted by Gasteiger charge is -2.14. The summed E-state index contributed by atoms with van der Waals surface area (Å²) in [6.45, 7) is 8.45. The maximum Gasteiger partial charge on any atom is 0.241 e. The van der Waals surface area contributed by atoms with Gasteiger partial charge in [0.2, 0.25) is 5.91 Å². The van der Waals surface area contributed by atoms with Gasteiger partial charge in [0.15, 0.2) is 0 Å². The van der Waals surface area contributed by atoms with Crippen LogP contribution in [0.25, 0.3) is 0 Å². The molecule has 0 bridgehead atoms.